The largest absolute Gasteiger partial charge is 0.494 e. The number of amides is 1. The van der Waals surface area contributed by atoms with E-state index < -0.39 is 17.1 Å². The lowest BCUT2D eigenvalue weighted by Crippen LogP contribution is -2.39. The Kier molecular flexibility index (Phi) is 7.68. The van der Waals surface area contributed by atoms with E-state index in [-0.39, 0.29) is 22.3 Å². The highest BCUT2D eigenvalue weighted by molar-refractivity contribution is 8.15. The summed E-state index contributed by atoms with van der Waals surface area (Å²) in [7, 11) is 2.67. The first-order valence-corrected chi connectivity index (χ1v) is 11.7. The Balaban J connectivity index is 1.99. The topological polar surface area (TPSA) is 106 Å². The molecule has 1 amide bonds. The SMILES string of the molecule is Cc1ccc(N=C(SCC(=O)Nc2ccc(C)c(Cl)c2)c2c(O)n(C)c(=O)n(C)c2=O)cc1C. The number of carbonyl (C=O) groups excluding carboxylic acids is 1. The Labute approximate surface area is 205 Å². The highest BCUT2D eigenvalue weighted by atomic mass is 35.5. The number of aromatic nitrogens is 2. The van der Waals surface area contributed by atoms with E-state index in [4.69, 9.17) is 11.6 Å². The smallest absolute Gasteiger partial charge is 0.333 e. The van der Waals surface area contributed by atoms with Crippen LogP contribution in [0.1, 0.15) is 22.3 Å². The molecule has 0 aliphatic heterocycles. The molecule has 3 aromatic rings. The summed E-state index contributed by atoms with van der Waals surface area (Å²) < 4.78 is 1.85. The zero-order valence-corrected chi connectivity index (χ0v) is 21.0. The van der Waals surface area contributed by atoms with Gasteiger partial charge in [-0.2, -0.15) is 0 Å². The van der Waals surface area contributed by atoms with Gasteiger partial charge < -0.3 is 10.4 Å². The minimum atomic E-state index is -0.707. The molecule has 0 bridgehead atoms. The molecular weight excluding hydrogens is 476 g/mol. The van der Waals surface area contributed by atoms with Gasteiger partial charge in [-0.05, 0) is 61.7 Å². The maximum Gasteiger partial charge on any atom is 0.333 e. The average molecular weight is 501 g/mol. The van der Waals surface area contributed by atoms with Crippen molar-refractivity contribution >= 4 is 45.7 Å². The molecule has 1 heterocycles. The van der Waals surface area contributed by atoms with E-state index in [1.807, 2.05) is 32.9 Å². The standard InChI is InChI=1S/C24H25ClN4O4S/c1-13-6-8-16(10-15(13)3)27-21(20-22(31)28(4)24(33)29(5)23(20)32)34-12-19(30)26-17-9-7-14(2)18(25)11-17/h6-11,31H,12H2,1-5H3,(H,26,30). The Morgan fingerprint density at radius 1 is 1.03 bits per heavy atom. The van der Waals surface area contributed by atoms with Gasteiger partial charge in [0.05, 0.1) is 11.4 Å². The predicted molar refractivity (Wildman–Crippen MR) is 138 cm³/mol. The fourth-order valence-electron chi connectivity index (χ4n) is 3.09. The molecule has 0 aliphatic carbocycles. The molecule has 178 valence electrons. The number of benzene rings is 2. The van der Waals surface area contributed by atoms with E-state index >= 15 is 0 Å². The van der Waals surface area contributed by atoms with Gasteiger partial charge in [0.25, 0.3) is 5.56 Å². The van der Waals surface area contributed by atoms with Crippen LogP contribution >= 0.6 is 23.4 Å². The molecule has 0 atom stereocenters. The summed E-state index contributed by atoms with van der Waals surface area (Å²) in [5.74, 6) is -0.964. The number of rotatable bonds is 5. The molecular formula is C24H25ClN4O4S. The van der Waals surface area contributed by atoms with E-state index in [9.17, 15) is 19.5 Å². The summed E-state index contributed by atoms with van der Waals surface area (Å²) in [4.78, 5) is 42.3. The lowest BCUT2D eigenvalue weighted by atomic mass is 10.1. The van der Waals surface area contributed by atoms with Crippen molar-refractivity contribution in [2.75, 3.05) is 11.1 Å². The maximum absolute atomic E-state index is 12.9. The first kappa shape index (κ1) is 25.3. The number of hydrogen-bond donors (Lipinski definition) is 2. The molecule has 0 fully saturated rings. The van der Waals surface area contributed by atoms with E-state index in [0.717, 1.165) is 37.6 Å². The number of thioether (sulfide) groups is 1. The summed E-state index contributed by atoms with van der Waals surface area (Å²) >= 11 is 7.11. The molecule has 0 saturated carbocycles. The van der Waals surface area contributed by atoms with Crippen LogP contribution in [0.25, 0.3) is 0 Å². The van der Waals surface area contributed by atoms with Gasteiger partial charge in [-0.1, -0.05) is 35.5 Å². The summed E-state index contributed by atoms with van der Waals surface area (Å²) in [6.45, 7) is 5.76. The third-order valence-corrected chi connectivity index (χ3v) is 6.75. The minimum Gasteiger partial charge on any atom is -0.494 e. The number of nitrogens with zero attached hydrogens (tertiary/aromatic N) is 3. The average Bonchev–Trinajstić information content (AvgIpc) is 2.79. The van der Waals surface area contributed by atoms with Gasteiger partial charge >= 0.3 is 5.69 Å². The second-order valence-electron chi connectivity index (χ2n) is 7.89. The van der Waals surface area contributed by atoms with Crippen molar-refractivity contribution in [3.63, 3.8) is 0 Å². The summed E-state index contributed by atoms with van der Waals surface area (Å²) in [6.07, 6.45) is 0. The zero-order chi connectivity index (χ0) is 25.2. The second-order valence-corrected chi connectivity index (χ2v) is 9.26. The van der Waals surface area contributed by atoms with Crippen molar-refractivity contribution in [2.45, 2.75) is 20.8 Å². The van der Waals surface area contributed by atoms with Crippen LogP contribution in [0, 0.1) is 20.8 Å². The number of anilines is 1. The third-order valence-electron chi connectivity index (χ3n) is 5.36. The highest BCUT2D eigenvalue weighted by Gasteiger charge is 2.22. The third kappa shape index (κ3) is 5.43. The Morgan fingerprint density at radius 2 is 1.71 bits per heavy atom. The molecule has 0 spiro atoms. The fourth-order valence-corrected chi connectivity index (χ4v) is 4.11. The Morgan fingerprint density at radius 3 is 2.35 bits per heavy atom. The lowest BCUT2D eigenvalue weighted by Gasteiger charge is -2.13. The van der Waals surface area contributed by atoms with E-state index in [1.165, 1.54) is 14.1 Å². The number of aromatic hydroxyl groups is 1. The van der Waals surface area contributed by atoms with Crippen molar-refractivity contribution in [1.82, 2.24) is 9.13 Å². The zero-order valence-electron chi connectivity index (χ0n) is 19.5. The van der Waals surface area contributed by atoms with Gasteiger partial charge in [0.15, 0.2) is 0 Å². The molecule has 3 rings (SSSR count). The van der Waals surface area contributed by atoms with Crippen LogP contribution in [0.2, 0.25) is 5.02 Å². The van der Waals surface area contributed by atoms with Crippen LogP contribution in [0.5, 0.6) is 5.88 Å². The maximum atomic E-state index is 12.9. The normalized spacial score (nSPS) is 11.5. The van der Waals surface area contributed by atoms with Gasteiger partial charge in [-0.15, -0.1) is 0 Å². The molecule has 0 unspecified atom stereocenters. The van der Waals surface area contributed by atoms with Crippen LogP contribution in [0.15, 0.2) is 51.0 Å². The molecule has 2 aromatic carbocycles. The Bertz CT molecular complexity index is 1430. The number of nitrogens with one attached hydrogen (secondary N) is 1. The van der Waals surface area contributed by atoms with Crippen LogP contribution in [0.4, 0.5) is 11.4 Å². The van der Waals surface area contributed by atoms with Crippen LogP contribution < -0.4 is 16.6 Å². The quantitative estimate of drug-likeness (QED) is 0.409. The summed E-state index contributed by atoms with van der Waals surface area (Å²) in [5, 5.41) is 14.0. The van der Waals surface area contributed by atoms with Crippen molar-refractivity contribution in [3.05, 3.63) is 84.5 Å². The van der Waals surface area contributed by atoms with E-state index in [0.29, 0.717) is 16.4 Å². The molecule has 8 nitrogen and oxygen atoms in total. The van der Waals surface area contributed by atoms with Gasteiger partial charge in [0.1, 0.15) is 10.6 Å². The Hall–Kier alpha value is -3.30. The molecule has 34 heavy (non-hydrogen) atoms. The molecule has 0 radical (unpaired) electrons. The lowest BCUT2D eigenvalue weighted by molar-refractivity contribution is -0.113. The van der Waals surface area contributed by atoms with Gasteiger partial charge in [-0.25, -0.2) is 9.79 Å². The second kappa shape index (κ2) is 10.3. The summed E-state index contributed by atoms with van der Waals surface area (Å²) in [5.41, 5.74) is 2.51. The van der Waals surface area contributed by atoms with Gasteiger partial charge in [0, 0.05) is 24.8 Å². The molecule has 0 aliphatic rings. The number of aryl methyl sites for hydroxylation is 3. The first-order valence-electron chi connectivity index (χ1n) is 10.3. The van der Waals surface area contributed by atoms with Crippen LogP contribution in [-0.2, 0) is 18.9 Å². The number of aliphatic imine (C=N–C) groups is 1. The number of carbonyl (C=O) groups is 1. The minimum absolute atomic E-state index is 0.0966. The van der Waals surface area contributed by atoms with E-state index in [1.54, 1.807) is 24.3 Å². The van der Waals surface area contributed by atoms with Crippen molar-refractivity contribution in [3.8, 4) is 5.88 Å². The highest BCUT2D eigenvalue weighted by Crippen LogP contribution is 2.25. The monoisotopic (exact) mass is 500 g/mol. The van der Waals surface area contributed by atoms with Crippen molar-refractivity contribution < 1.29 is 9.90 Å². The summed E-state index contributed by atoms with van der Waals surface area (Å²) in [6, 6.07) is 10.7. The van der Waals surface area contributed by atoms with Crippen LogP contribution in [-0.4, -0.2) is 30.9 Å². The van der Waals surface area contributed by atoms with Crippen molar-refractivity contribution in [1.29, 1.82) is 0 Å². The predicted octanol–water partition coefficient (Wildman–Crippen LogP) is 3.82. The van der Waals surface area contributed by atoms with E-state index in [2.05, 4.69) is 10.3 Å². The van der Waals surface area contributed by atoms with Crippen LogP contribution in [0.3, 0.4) is 0 Å². The van der Waals surface area contributed by atoms with Gasteiger partial charge in [-0.3, -0.25) is 18.7 Å². The number of hydrogen-bond acceptors (Lipinski definition) is 6. The fraction of sp³-hybridized carbons (Fsp3) is 0.250. The molecule has 10 heteroatoms. The van der Waals surface area contributed by atoms with Crippen molar-refractivity contribution in [2.24, 2.45) is 19.1 Å². The first-order chi connectivity index (χ1) is 16.0. The number of halogens is 1. The molecule has 2 N–H and O–H groups in total. The molecule has 1 aromatic heterocycles. The van der Waals surface area contributed by atoms with Gasteiger partial charge in [0.2, 0.25) is 11.8 Å². The molecule has 0 saturated heterocycles.